The monoisotopic (exact) mass is 581 g/mol. The van der Waals surface area contributed by atoms with E-state index >= 15 is 4.39 Å². The summed E-state index contributed by atoms with van der Waals surface area (Å²) in [6, 6.07) is 7.25. The van der Waals surface area contributed by atoms with Crippen LogP contribution in [0.3, 0.4) is 0 Å². The van der Waals surface area contributed by atoms with Crippen LogP contribution in [0.1, 0.15) is 73.4 Å². The van der Waals surface area contributed by atoms with Gasteiger partial charge in [-0.05, 0) is 45.1 Å². The minimum Gasteiger partial charge on any atom is -0.480 e. The third-order valence-electron chi connectivity index (χ3n) is 7.81. The molecule has 1 saturated carbocycles. The Hall–Kier alpha value is -4.09. The molecule has 3 heterocycles. The Morgan fingerprint density at radius 1 is 1.02 bits per heavy atom. The Balaban J connectivity index is 1.38. The molecule has 1 atom stereocenters. The maximum Gasteiger partial charge on any atom is 0.434 e. The van der Waals surface area contributed by atoms with Crippen LogP contribution < -0.4 is 9.64 Å². The van der Waals surface area contributed by atoms with E-state index in [4.69, 9.17) is 14.7 Å². The average molecular weight is 582 g/mol. The first kappa shape index (κ1) is 28.0. The van der Waals surface area contributed by atoms with E-state index in [1.54, 1.807) is 19.2 Å². The largest absolute Gasteiger partial charge is 0.480 e. The van der Waals surface area contributed by atoms with Gasteiger partial charge in [-0.25, -0.2) is 29.3 Å². The second-order valence-electron chi connectivity index (χ2n) is 11.1. The van der Waals surface area contributed by atoms with Crippen molar-refractivity contribution in [1.82, 2.24) is 29.5 Å². The highest BCUT2D eigenvalue weighted by atomic mass is 19.4. The highest BCUT2D eigenvalue weighted by Crippen LogP contribution is 2.46. The lowest BCUT2D eigenvalue weighted by Gasteiger charge is -2.30. The molecular formula is C30H31F4N7O. The molecule has 0 bridgehead atoms. The molecule has 0 aliphatic heterocycles. The van der Waals surface area contributed by atoms with Crippen LogP contribution in [0, 0.1) is 0 Å². The first-order valence-electron chi connectivity index (χ1n) is 14.0. The van der Waals surface area contributed by atoms with Crippen molar-refractivity contribution in [1.29, 1.82) is 0 Å². The summed E-state index contributed by atoms with van der Waals surface area (Å²) in [4.78, 5) is 24.4. The summed E-state index contributed by atoms with van der Waals surface area (Å²) in [6.45, 7) is 4.53. The summed E-state index contributed by atoms with van der Waals surface area (Å²) in [5.74, 6) is 1.86. The summed E-state index contributed by atoms with van der Waals surface area (Å²) in [7, 11) is 3.08. The fourth-order valence-corrected chi connectivity index (χ4v) is 5.49. The van der Waals surface area contributed by atoms with Gasteiger partial charge in [-0.15, -0.1) is 0 Å². The van der Waals surface area contributed by atoms with Crippen LogP contribution in [0.5, 0.6) is 5.88 Å². The second-order valence-corrected chi connectivity index (χ2v) is 11.1. The first-order valence-corrected chi connectivity index (χ1v) is 14.0. The molecule has 4 aromatic rings. The maximum atomic E-state index is 15.2. The SMILES string of the molecule is COc1ncnc(C2CC2)c1-c1nc2c(c(N(Cc3ccc(-c4nc(C(F)(F)F)cn4C)cc3)C(C)C)n1)CCC2F. The van der Waals surface area contributed by atoms with Crippen molar-refractivity contribution in [3.8, 4) is 28.7 Å². The minimum atomic E-state index is -4.52. The molecule has 0 amide bonds. The molecule has 12 heteroatoms. The maximum absolute atomic E-state index is 15.2. The predicted octanol–water partition coefficient (Wildman–Crippen LogP) is 6.61. The molecule has 220 valence electrons. The molecule has 1 fully saturated rings. The van der Waals surface area contributed by atoms with Gasteiger partial charge in [0.1, 0.15) is 29.7 Å². The van der Waals surface area contributed by atoms with Crippen molar-refractivity contribution in [2.24, 2.45) is 7.05 Å². The van der Waals surface area contributed by atoms with Gasteiger partial charge in [-0.1, -0.05) is 24.3 Å². The Labute approximate surface area is 240 Å². The van der Waals surface area contributed by atoms with Crippen LogP contribution in [0.4, 0.5) is 23.4 Å². The van der Waals surface area contributed by atoms with Gasteiger partial charge < -0.3 is 14.2 Å². The molecule has 1 unspecified atom stereocenters. The lowest BCUT2D eigenvalue weighted by atomic mass is 10.1. The van der Waals surface area contributed by atoms with E-state index in [0.717, 1.165) is 35.9 Å². The van der Waals surface area contributed by atoms with E-state index in [1.807, 2.05) is 26.0 Å². The number of rotatable bonds is 8. The van der Waals surface area contributed by atoms with Crippen molar-refractivity contribution in [3.05, 3.63) is 65.0 Å². The normalized spacial score (nSPS) is 16.6. The number of alkyl halides is 4. The third kappa shape index (κ3) is 5.18. The van der Waals surface area contributed by atoms with Gasteiger partial charge in [0.2, 0.25) is 5.88 Å². The van der Waals surface area contributed by atoms with Crippen molar-refractivity contribution in [2.45, 2.75) is 70.4 Å². The zero-order valence-electron chi connectivity index (χ0n) is 23.8. The Morgan fingerprint density at radius 2 is 1.76 bits per heavy atom. The van der Waals surface area contributed by atoms with Crippen LogP contribution in [-0.4, -0.2) is 42.6 Å². The Bertz CT molecular complexity index is 1610. The number of fused-ring (bicyclic) bond motifs is 1. The number of methoxy groups -OCH3 is 1. The average Bonchev–Trinajstić information content (AvgIpc) is 3.64. The predicted molar refractivity (Wildman–Crippen MR) is 149 cm³/mol. The van der Waals surface area contributed by atoms with Crippen LogP contribution in [0.15, 0.2) is 36.8 Å². The van der Waals surface area contributed by atoms with E-state index in [2.05, 4.69) is 19.9 Å². The number of imidazole rings is 1. The number of nitrogens with zero attached hydrogens (tertiary/aromatic N) is 7. The molecule has 42 heavy (non-hydrogen) atoms. The summed E-state index contributed by atoms with van der Waals surface area (Å²) in [5, 5.41) is 0. The molecule has 6 rings (SSSR count). The smallest absolute Gasteiger partial charge is 0.434 e. The van der Waals surface area contributed by atoms with Crippen molar-refractivity contribution < 1.29 is 22.3 Å². The minimum absolute atomic E-state index is 0.00380. The van der Waals surface area contributed by atoms with Gasteiger partial charge in [-0.3, -0.25) is 0 Å². The zero-order chi connectivity index (χ0) is 29.8. The molecule has 0 radical (unpaired) electrons. The van der Waals surface area contributed by atoms with Crippen molar-refractivity contribution >= 4 is 5.82 Å². The molecule has 3 aromatic heterocycles. The number of aromatic nitrogens is 6. The zero-order valence-corrected chi connectivity index (χ0v) is 23.8. The topological polar surface area (TPSA) is 81.9 Å². The van der Waals surface area contributed by atoms with Gasteiger partial charge in [0, 0.05) is 42.9 Å². The summed E-state index contributed by atoms with van der Waals surface area (Å²) in [6.07, 6.45) is -0.402. The lowest BCUT2D eigenvalue weighted by Crippen LogP contribution is -2.32. The van der Waals surface area contributed by atoms with Gasteiger partial charge in [0.25, 0.3) is 0 Å². The highest BCUT2D eigenvalue weighted by molar-refractivity contribution is 5.69. The first-order chi connectivity index (χ1) is 20.0. The number of benzene rings is 1. The van der Waals surface area contributed by atoms with E-state index in [0.29, 0.717) is 53.7 Å². The number of hydrogen-bond donors (Lipinski definition) is 0. The Kier molecular flexibility index (Phi) is 7.10. The number of hydrogen-bond acceptors (Lipinski definition) is 7. The van der Waals surface area contributed by atoms with Crippen LogP contribution >= 0.6 is 0 Å². The summed E-state index contributed by atoms with van der Waals surface area (Å²) < 4.78 is 61.7. The van der Waals surface area contributed by atoms with Gasteiger partial charge in [-0.2, -0.15) is 13.2 Å². The number of aryl methyl sites for hydroxylation is 1. The molecule has 0 N–H and O–H groups in total. The molecule has 1 aromatic carbocycles. The summed E-state index contributed by atoms with van der Waals surface area (Å²) in [5.41, 5.74) is 3.15. The quantitative estimate of drug-likeness (QED) is 0.217. The number of ether oxygens (including phenoxy) is 1. The standard InChI is InChI=1S/C30H31F4N7O/c1-16(2)41(13-17-5-7-19(8-6-17)27-37-22(14-40(27)3)30(32,33)34)28-20-11-12-21(31)25(20)38-26(39-28)23-24(18-9-10-18)35-15-36-29(23)42-4/h5-8,14-16,18,21H,9-13H2,1-4H3. The number of anilines is 1. The third-order valence-corrected chi connectivity index (χ3v) is 7.81. The van der Waals surface area contributed by atoms with Crippen molar-refractivity contribution in [2.75, 3.05) is 12.0 Å². The van der Waals surface area contributed by atoms with E-state index in [1.165, 1.54) is 18.0 Å². The molecule has 0 saturated heterocycles. The molecule has 2 aliphatic carbocycles. The van der Waals surface area contributed by atoms with Gasteiger partial charge in [0.15, 0.2) is 11.5 Å². The van der Waals surface area contributed by atoms with Gasteiger partial charge in [0.05, 0.1) is 18.5 Å². The van der Waals surface area contributed by atoms with Crippen LogP contribution in [-0.2, 0) is 26.2 Å². The molecule has 0 spiro atoms. The van der Waals surface area contributed by atoms with E-state index in [-0.39, 0.29) is 17.8 Å². The van der Waals surface area contributed by atoms with E-state index < -0.39 is 18.0 Å². The second kappa shape index (κ2) is 10.6. The lowest BCUT2D eigenvalue weighted by molar-refractivity contribution is -0.140. The Morgan fingerprint density at radius 3 is 2.38 bits per heavy atom. The van der Waals surface area contributed by atoms with Crippen molar-refractivity contribution in [3.63, 3.8) is 0 Å². The van der Waals surface area contributed by atoms with Crippen LogP contribution in [0.25, 0.3) is 22.8 Å². The van der Waals surface area contributed by atoms with Crippen LogP contribution in [0.2, 0.25) is 0 Å². The molecule has 8 nitrogen and oxygen atoms in total. The van der Waals surface area contributed by atoms with E-state index in [9.17, 15) is 13.2 Å². The van der Waals surface area contributed by atoms with Gasteiger partial charge >= 0.3 is 6.18 Å². The fraction of sp³-hybridized carbons (Fsp3) is 0.433. The fourth-order valence-electron chi connectivity index (χ4n) is 5.49. The molecular weight excluding hydrogens is 550 g/mol. The highest BCUT2D eigenvalue weighted by Gasteiger charge is 2.36. The molecule has 2 aliphatic rings. The summed E-state index contributed by atoms with van der Waals surface area (Å²) >= 11 is 0. The number of halogens is 4.